The minimum atomic E-state index is -0.757. The fraction of sp³-hybridized carbons (Fsp3) is 0.333. The number of carbonyl (C=O) groups excluding carboxylic acids is 2. The van der Waals surface area contributed by atoms with Gasteiger partial charge in [-0.1, -0.05) is 29.8 Å². The van der Waals surface area contributed by atoms with Crippen LogP contribution in [0.2, 0.25) is 5.02 Å². The van der Waals surface area contributed by atoms with E-state index >= 15 is 0 Å². The topological polar surface area (TPSA) is 61.9 Å². The summed E-state index contributed by atoms with van der Waals surface area (Å²) in [6.07, 6.45) is 0. The van der Waals surface area contributed by atoms with Gasteiger partial charge in [-0.2, -0.15) is 0 Å². The number of esters is 1. The number of methoxy groups -OCH3 is 1. The van der Waals surface area contributed by atoms with E-state index in [-0.39, 0.29) is 18.1 Å². The van der Waals surface area contributed by atoms with Crippen molar-refractivity contribution in [2.24, 2.45) is 0 Å². The van der Waals surface area contributed by atoms with Crippen molar-refractivity contribution in [1.29, 1.82) is 0 Å². The van der Waals surface area contributed by atoms with Crippen molar-refractivity contribution in [2.75, 3.05) is 45.2 Å². The van der Waals surface area contributed by atoms with Crippen LogP contribution >= 0.6 is 11.6 Å². The van der Waals surface area contributed by atoms with Gasteiger partial charge in [0.2, 0.25) is 5.91 Å². The van der Waals surface area contributed by atoms with Crippen molar-refractivity contribution >= 4 is 29.2 Å². The maximum Gasteiger partial charge on any atom is 0.327 e. The molecule has 1 N–H and O–H groups in total. The van der Waals surface area contributed by atoms with E-state index in [1.54, 1.807) is 18.2 Å². The Balaban J connectivity index is 1.59. The average molecular weight is 438 g/mol. The highest BCUT2D eigenvalue weighted by atomic mass is 35.5. The molecule has 30 heavy (non-hydrogen) atoms. The first-order valence-corrected chi connectivity index (χ1v) is 9.80. The molecule has 1 saturated heterocycles. The van der Waals surface area contributed by atoms with E-state index < -0.39 is 23.6 Å². The molecule has 1 fully saturated rings. The molecule has 0 spiro atoms. The van der Waals surface area contributed by atoms with Gasteiger partial charge in [0, 0.05) is 43.0 Å². The molecule has 2 aromatic rings. The standard InChI is InChI=1S/C21H22ClF2N3O3/c1-30-21(29)20(17-4-2-3-5-18(17)22)27-8-6-26(7-9-27)13-19(28)25-16-11-14(23)10-15(24)12-16/h2-5,10-12,20H,6-9,13H2,1H3,(H,25,28). The lowest BCUT2D eigenvalue weighted by Gasteiger charge is -2.38. The molecule has 1 aliphatic rings. The minimum Gasteiger partial charge on any atom is -0.468 e. The van der Waals surface area contributed by atoms with Crippen LogP contribution in [0.25, 0.3) is 0 Å². The Labute approximate surface area is 178 Å². The number of anilines is 1. The molecule has 3 rings (SSSR count). The number of rotatable bonds is 6. The molecule has 1 aliphatic heterocycles. The Morgan fingerprint density at radius 1 is 1.10 bits per heavy atom. The molecule has 0 aliphatic carbocycles. The van der Waals surface area contributed by atoms with Gasteiger partial charge in [-0.05, 0) is 23.8 Å². The smallest absolute Gasteiger partial charge is 0.327 e. The van der Waals surface area contributed by atoms with E-state index in [2.05, 4.69) is 5.32 Å². The fourth-order valence-corrected chi connectivity index (χ4v) is 3.73. The highest BCUT2D eigenvalue weighted by Crippen LogP contribution is 2.29. The SMILES string of the molecule is COC(=O)C(c1ccccc1Cl)N1CCN(CC(=O)Nc2cc(F)cc(F)c2)CC1. The Hall–Kier alpha value is -2.55. The third-order valence-electron chi connectivity index (χ3n) is 4.91. The quantitative estimate of drug-likeness (QED) is 0.704. The molecule has 9 heteroatoms. The largest absolute Gasteiger partial charge is 0.468 e. The highest BCUT2D eigenvalue weighted by Gasteiger charge is 2.32. The van der Waals surface area contributed by atoms with Gasteiger partial charge < -0.3 is 10.1 Å². The highest BCUT2D eigenvalue weighted by molar-refractivity contribution is 6.31. The number of hydrogen-bond acceptors (Lipinski definition) is 5. The van der Waals surface area contributed by atoms with Crippen LogP contribution in [-0.2, 0) is 14.3 Å². The summed E-state index contributed by atoms with van der Waals surface area (Å²) in [5, 5.41) is 2.98. The normalized spacial score (nSPS) is 16.1. The average Bonchev–Trinajstić information content (AvgIpc) is 2.69. The van der Waals surface area contributed by atoms with Gasteiger partial charge >= 0.3 is 5.97 Å². The van der Waals surface area contributed by atoms with E-state index in [0.717, 1.165) is 18.2 Å². The number of hydrogen-bond donors (Lipinski definition) is 1. The lowest BCUT2D eigenvalue weighted by molar-refractivity contribution is -0.148. The van der Waals surface area contributed by atoms with E-state index in [4.69, 9.17) is 16.3 Å². The van der Waals surface area contributed by atoms with Gasteiger partial charge in [-0.3, -0.25) is 14.6 Å². The van der Waals surface area contributed by atoms with E-state index in [1.165, 1.54) is 7.11 Å². The molecule has 6 nitrogen and oxygen atoms in total. The van der Waals surface area contributed by atoms with Crippen LogP contribution in [0, 0.1) is 11.6 Å². The molecule has 0 aromatic heterocycles. The summed E-state index contributed by atoms with van der Waals surface area (Å²) < 4.78 is 31.5. The molecule has 2 aromatic carbocycles. The Kier molecular flexibility index (Phi) is 7.36. The first kappa shape index (κ1) is 22.1. The van der Waals surface area contributed by atoms with Crippen molar-refractivity contribution in [1.82, 2.24) is 9.80 Å². The van der Waals surface area contributed by atoms with Crippen LogP contribution in [0.15, 0.2) is 42.5 Å². The number of halogens is 3. The van der Waals surface area contributed by atoms with Crippen molar-refractivity contribution in [3.05, 3.63) is 64.7 Å². The van der Waals surface area contributed by atoms with Gasteiger partial charge in [0.1, 0.15) is 17.7 Å². The van der Waals surface area contributed by atoms with Crippen molar-refractivity contribution < 1.29 is 23.1 Å². The number of amides is 1. The van der Waals surface area contributed by atoms with Gasteiger partial charge in [-0.15, -0.1) is 0 Å². The summed E-state index contributed by atoms with van der Waals surface area (Å²) in [4.78, 5) is 28.5. The summed E-state index contributed by atoms with van der Waals surface area (Å²) in [6, 6.07) is 9.35. The Morgan fingerprint density at radius 3 is 2.33 bits per heavy atom. The summed E-state index contributed by atoms with van der Waals surface area (Å²) in [7, 11) is 1.34. The van der Waals surface area contributed by atoms with E-state index in [0.29, 0.717) is 36.8 Å². The molecular weight excluding hydrogens is 416 g/mol. The number of ether oxygens (including phenoxy) is 1. The molecule has 1 heterocycles. The number of nitrogens with zero attached hydrogens (tertiary/aromatic N) is 2. The van der Waals surface area contributed by atoms with Crippen LogP contribution < -0.4 is 5.32 Å². The second-order valence-electron chi connectivity index (χ2n) is 6.97. The molecule has 1 amide bonds. The molecular formula is C21H22ClF2N3O3. The lowest BCUT2D eigenvalue weighted by atomic mass is 10.0. The van der Waals surface area contributed by atoms with Crippen LogP contribution in [0.5, 0.6) is 0 Å². The predicted molar refractivity (Wildman–Crippen MR) is 109 cm³/mol. The van der Waals surface area contributed by atoms with Crippen LogP contribution in [0.1, 0.15) is 11.6 Å². The zero-order valence-electron chi connectivity index (χ0n) is 16.4. The van der Waals surface area contributed by atoms with Crippen LogP contribution in [0.4, 0.5) is 14.5 Å². The number of carbonyl (C=O) groups is 2. The maximum absolute atomic E-state index is 13.3. The second-order valence-corrected chi connectivity index (χ2v) is 7.37. The molecule has 160 valence electrons. The maximum atomic E-state index is 13.3. The Morgan fingerprint density at radius 2 is 1.73 bits per heavy atom. The molecule has 1 unspecified atom stereocenters. The first-order valence-electron chi connectivity index (χ1n) is 9.42. The van der Waals surface area contributed by atoms with Crippen LogP contribution in [0.3, 0.4) is 0 Å². The van der Waals surface area contributed by atoms with Gasteiger partial charge in [-0.25, -0.2) is 13.6 Å². The second kappa shape index (κ2) is 9.97. The molecule has 0 radical (unpaired) electrons. The third-order valence-corrected chi connectivity index (χ3v) is 5.25. The van der Waals surface area contributed by atoms with Crippen molar-refractivity contribution in [3.63, 3.8) is 0 Å². The molecule has 0 bridgehead atoms. The number of nitrogens with one attached hydrogen (secondary N) is 1. The summed E-state index contributed by atoms with van der Waals surface area (Å²) in [6.45, 7) is 2.17. The number of benzene rings is 2. The molecule has 0 saturated carbocycles. The Bertz CT molecular complexity index is 900. The summed E-state index contributed by atoms with van der Waals surface area (Å²) >= 11 is 6.28. The van der Waals surface area contributed by atoms with Crippen molar-refractivity contribution in [3.8, 4) is 0 Å². The summed E-state index contributed by atoms with van der Waals surface area (Å²) in [5.41, 5.74) is 0.742. The zero-order chi connectivity index (χ0) is 21.7. The predicted octanol–water partition coefficient (Wildman–Crippen LogP) is 3.09. The monoisotopic (exact) mass is 437 g/mol. The van der Waals surface area contributed by atoms with Gasteiger partial charge in [0.15, 0.2) is 0 Å². The minimum absolute atomic E-state index is 0.0700. The fourth-order valence-electron chi connectivity index (χ4n) is 3.49. The first-order chi connectivity index (χ1) is 14.4. The van der Waals surface area contributed by atoms with E-state index in [9.17, 15) is 18.4 Å². The third kappa shape index (κ3) is 5.53. The lowest BCUT2D eigenvalue weighted by Crippen LogP contribution is -2.51. The number of piperazine rings is 1. The molecule has 1 atom stereocenters. The van der Waals surface area contributed by atoms with Gasteiger partial charge in [0.25, 0.3) is 0 Å². The zero-order valence-corrected chi connectivity index (χ0v) is 17.2. The van der Waals surface area contributed by atoms with Gasteiger partial charge in [0.05, 0.1) is 13.7 Å². The summed E-state index contributed by atoms with van der Waals surface area (Å²) in [5.74, 6) is -2.29. The van der Waals surface area contributed by atoms with Crippen molar-refractivity contribution in [2.45, 2.75) is 6.04 Å². The van der Waals surface area contributed by atoms with Crippen LogP contribution in [-0.4, -0.2) is 61.5 Å². The van der Waals surface area contributed by atoms with E-state index in [1.807, 2.05) is 15.9 Å².